The molecule has 0 heterocycles. The standard InChI is InChI=1S/C14H12O/c1-11-6-2-4-8-13(11)14-9-5-3-7-12(14)10-15/h2-10H,1H3. The Morgan fingerprint density at radius 3 is 2.13 bits per heavy atom. The molecule has 2 aromatic rings. The molecular formula is C14H12O. The van der Waals surface area contributed by atoms with Crippen LogP contribution in [0, 0.1) is 6.92 Å². The lowest BCUT2D eigenvalue weighted by Crippen LogP contribution is -1.88. The summed E-state index contributed by atoms with van der Waals surface area (Å²) >= 11 is 0. The molecule has 0 aliphatic rings. The Kier molecular flexibility index (Phi) is 2.64. The molecule has 0 aliphatic heterocycles. The Hall–Kier alpha value is -1.89. The fourth-order valence-corrected chi connectivity index (χ4v) is 1.72. The molecule has 2 aromatic carbocycles. The van der Waals surface area contributed by atoms with E-state index in [1.807, 2.05) is 42.5 Å². The van der Waals surface area contributed by atoms with Crippen LogP contribution in [-0.4, -0.2) is 6.29 Å². The van der Waals surface area contributed by atoms with Crippen LogP contribution in [0.4, 0.5) is 0 Å². The van der Waals surface area contributed by atoms with Crippen molar-refractivity contribution in [1.29, 1.82) is 0 Å². The maximum Gasteiger partial charge on any atom is 0.150 e. The van der Waals surface area contributed by atoms with E-state index < -0.39 is 0 Å². The summed E-state index contributed by atoms with van der Waals surface area (Å²) in [5, 5.41) is 0. The van der Waals surface area contributed by atoms with Gasteiger partial charge in [0.15, 0.2) is 6.29 Å². The Morgan fingerprint density at radius 2 is 1.47 bits per heavy atom. The zero-order valence-electron chi connectivity index (χ0n) is 8.60. The molecule has 0 atom stereocenters. The highest BCUT2D eigenvalue weighted by Crippen LogP contribution is 2.25. The normalized spacial score (nSPS) is 9.93. The fourth-order valence-electron chi connectivity index (χ4n) is 1.72. The van der Waals surface area contributed by atoms with E-state index in [0.717, 1.165) is 23.0 Å². The zero-order chi connectivity index (χ0) is 10.7. The first-order chi connectivity index (χ1) is 7.33. The van der Waals surface area contributed by atoms with E-state index in [4.69, 9.17) is 0 Å². The smallest absolute Gasteiger partial charge is 0.150 e. The van der Waals surface area contributed by atoms with E-state index >= 15 is 0 Å². The van der Waals surface area contributed by atoms with Crippen molar-refractivity contribution in [1.82, 2.24) is 0 Å². The Bertz CT molecular complexity index is 486. The molecule has 0 saturated heterocycles. The monoisotopic (exact) mass is 196 g/mol. The molecule has 0 aromatic heterocycles. The highest BCUT2D eigenvalue weighted by atomic mass is 16.1. The van der Waals surface area contributed by atoms with Crippen molar-refractivity contribution in [2.75, 3.05) is 0 Å². The number of carbonyl (C=O) groups excluding carboxylic acids is 1. The third-order valence-electron chi connectivity index (χ3n) is 2.52. The molecule has 15 heavy (non-hydrogen) atoms. The molecule has 0 fully saturated rings. The van der Waals surface area contributed by atoms with Crippen LogP contribution >= 0.6 is 0 Å². The van der Waals surface area contributed by atoms with Crippen LogP contribution in [0.15, 0.2) is 48.5 Å². The zero-order valence-corrected chi connectivity index (χ0v) is 8.60. The number of aryl methyl sites for hydroxylation is 1. The molecule has 1 nitrogen and oxygen atoms in total. The average Bonchev–Trinajstić information content (AvgIpc) is 2.30. The first-order valence-electron chi connectivity index (χ1n) is 4.93. The van der Waals surface area contributed by atoms with E-state index in [1.165, 1.54) is 5.56 Å². The van der Waals surface area contributed by atoms with Crippen LogP contribution < -0.4 is 0 Å². The van der Waals surface area contributed by atoms with Crippen molar-refractivity contribution in [3.8, 4) is 11.1 Å². The Morgan fingerprint density at radius 1 is 0.867 bits per heavy atom. The second-order valence-electron chi connectivity index (χ2n) is 3.52. The molecule has 0 radical (unpaired) electrons. The minimum absolute atomic E-state index is 0.742. The molecule has 0 spiro atoms. The highest BCUT2D eigenvalue weighted by molar-refractivity contribution is 5.88. The summed E-state index contributed by atoms with van der Waals surface area (Å²) in [6.45, 7) is 2.05. The van der Waals surface area contributed by atoms with Gasteiger partial charge < -0.3 is 0 Å². The number of hydrogen-bond acceptors (Lipinski definition) is 1. The maximum atomic E-state index is 10.9. The van der Waals surface area contributed by atoms with E-state index in [2.05, 4.69) is 13.0 Å². The van der Waals surface area contributed by atoms with Gasteiger partial charge in [0.25, 0.3) is 0 Å². The van der Waals surface area contributed by atoms with E-state index in [9.17, 15) is 4.79 Å². The third-order valence-corrected chi connectivity index (χ3v) is 2.52. The predicted octanol–water partition coefficient (Wildman–Crippen LogP) is 3.47. The minimum atomic E-state index is 0.742. The Balaban J connectivity index is 2.64. The van der Waals surface area contributed by atoms with Crippen molar-refractivity contribution < 1.29 is 4.79 Å². The topological polar surface area (TPSA) is 17.1 Å². The molecule has 0 aliphatic carbocycles. The van der Waals surface area contributed by atoms with Gasteiger partial charge in [0.1, 0.15) is 0 Å². The van der Waals surface area contributed by atoms with Crippen LogP contribution in [0.1, 0.15) is 15.9 Å². The first-order valence-corrected chi connectivity index (χ1v) is 4.93. The van der Waals surface area contributed by atoms with E-state index in [0.29, 0.717) is 0 Å². The fraction of sp³-hybridized carbons (Fsp3) is 0.0714. The van der Waals surface area contributed by atoms with Crippen LogP contribution in [-0.2, 0) is 0 Å². The molecule has 2 rings (SSSR count). The van der Waals surface area contributed by atoms with Gasteiger partial charge in [-0.2, -0.15) is 0 Å². The van der Waals surface area contributed by atoms with Gasteiger partial charge in [-0.15, -0.1) is 0 Å². The van der Waals surface area contributed by atoms with Crippen molar-refractivity contribution in [3.63, 3.8) is 0 Å². The van der Waals surface area contributed by atoms with Gasteiger partial charge in [-0.05, 0) is 23.6 Å². The number of rotatable bonds is 2. The van der Waals surface area contributed by atoms with Crippen molar-refractivity contribution in [3.05, 3.63) is 59.7 Å². The maximum absolute atomic E-state index is 10.9. The number of carbonyl (C=O) groups is 1. The van der Waals surface area contributed by atoms with Crippen molar-refractivity contribution >= 4 is 6.29 Å². The van der Waals surface area contributed by atoms with Crippen LogP contribution in [0.5, 0.6) is 0 Å². The summed E-state index contributed by atoms with van der Waals surface area (Å²) in [6, 6.07) is 15.7. The summed E-state index contributed by atoms with van der Waals surface area (Å²) in [7, 11) is 0. The van der Waals surface area contributed by atoms with Crippen LogP contribution in [0.3, 0.4) is 0 Å². The third kappa shape index (κ3) is 1.82. The van der Waals surface area contributed by atoms with Crippen LogP contribution in [0.2, 0.25) is 0 Å². The number of benzene rings is 2. The second-order valence-corrected chi connectivity index (χ2v) is 3.52. The predicted molar refractivity (Wildman–Crippen MR) is 62.0 cm³/mol. The number of hydrogen-bond donors (Lipinski definition) is 0. The Labute approximate surface area is 89.4 Å². The van der Waals surface area contributed by atoms with E-state index in [1.54, 1.807) is 0 Å². The highest BCUT2D eigenvalue weighted by Gasteiger charge is 2.04. The van der Waals surface area contributed by atoms with Gasteiger partial charge in [-0.3, -0.25) is 4.79 Å². The van der Waals surface area contributed by atoms with Crippen LogP contribution in [0.25, 0.3) is 11.1 Å². The van der Waals surface area contributed by atoms with Gasteiger partial charge in [0, 0.05) is 5.56 Å². The average molecular weight is 196 g/mol. The largest absolute Gasteiger partial charge is 0.298 e. The van der Waals surface area contributed by atoms with Gasteiger partial charge >= 0.3 is 0 Å². The molecule has 0 saturated carbocycles. The summed E-state index contributed by atoms with van der Waals surface area (Å²) in [4.78, 5) is 10.9. The molecular weight excluding hydrogens is 184 g/mol. The SMILES string of the molecule is Cc1ccccc1-c1ccccc1C=O. The van der Waals surface area contributed by atoms with Gasteiger partial charge in [0.2, 0.25) is 0 Å². The molecule has 0 N–H and O–H groups in total. The summed E-state index contributed by atoms with van der Waals surface area (Å²) in [5.74, 6) is 0. The van der Waals surface area contributed by atoms with E-state index in [-0.39, 0.29) is 0 Å². The first kappa shape index (κ1) is 9.66. The van der Waals surface area contributed by atoms with Crippen molar-refractivity contribution in [2.45, 2.75) is 6.92 Å². The lowest BCUT2D eigenvalue weighted by Gasteiger charge is -2.07. The molecule has 0 amide bonds. The lowest BCUT2D eigenvalue weighted by atomic mass is 9.97. The summed E-state index contributed by atoms with van der Waals surface area (Å²) < 4.78 is 0. The van der Waals surface area contributed by atoms with Gasteiger partial charge in [0.05, 0.1) is 0 Å². The molecule has 1 heteroatoms. The van der Waals surface area contributed by atoms with Gasteiger partial charge in [-0.1, -0.05) is 48.5 Å². The van der Waals surface area contributed by atoms with Gasteiger partial charge in [-0.25, -0.2) is 0 Å². The quantitative estimate of drug-likeness (QED) is 0.672. The minimum Gasteiger partial charge on any atom is -0.298 e. The second kappa shape index (κ2) is 4.09. The lowest BCUT2D eigenvalue weighted by molar-refractivity contribution is 0.112. The summed E-state index contributed by atoms with van der Waals surface area (Å²) in [5.41, 5.74) is 4.06. The molecule has 74 valence electrons. The number of aldehydes is 1. The molecule has 0 bridgehead atoms. The van der Waals surface area contributed by atoms with Crippen molar-refractivity contribution in [2.24, 2.45) is 0 Å². The molecule has 0 unspecified atom stereocenters. The summed E-state index contributed by atoms with van der Waals surface area (Å²) in [6.07, 6.45) is 0.905.